The summed E-state index contributed by atoms with van der Waals surface area (Å²) in [6.07, 6.45) is 1.77. The topological polar surface area (TPSA) is 33.2 Å². The molecule has 1 aromatic carbocycles. The number of rotatable bonds is 2. The molecule has 1 aliphatic rings. The molecule has 1 amide bonds. The number of aromatic nitrogens is 1. The van der Waals surface area contributed by atoms with E-state index in [1.165, 1.54) is 23.1 Å². The number of thioether (sulfide) groups is 1. The highest BCUT2D eigenvalue weighted by atomic mass is 35.5. The molecule has 104 valence electrons. The maximum atomic E-state index is 12.2. The van der Waals surface area contributed by atoms with E-state index < -0.39 is 0 Å². The van der Waals surface area contributed by atoms with Gasteiger partial charge in [-0.15, -0.1) is 23.1 Å². The zero-order valence-electron chi connectivity index (χ0n) is 10.5. The van der Waals surface area contributed by atoms with Crippen LogP contribution in [0.5, 0.6) is 0 Å². The third-order valence-corrected chi connectivity index (χ3v) is 5.87. The van der Waals surface area contributed by atoms with Crippen LogP contribution in [-0.4, -0.2) is 16.6 Å². The molecule has 1 aliphatic heterocycles. The number of carbonyl (C=O) groups is 1. The molecule has 2 heterocycles. The Morgan fingerprint density at radius 2 is 2.20 bits per heavy atom. The number of nitrogens with zero attached hydrogens (tertiary/aromatic N) is 2. The molecule has 1 atom stereocenters. The Bertz CT molecular complexity index is 674. The zero-order chi connectivity index (χ0) is 14.3. The summed E-state index contributed by atoms with van der Waals surface area (Å²) in [5.41, 5.74) is 0.850. The molecule has 1 aromatic heterocycles. The first-order valence-electron chi connectivity index (χ1n) is 5.88. The summed E-state index contributed by atoms with van der Waals surface area (Å²) in [5, 5.41) is 1.54. The van der Waals surface area contributed by atoms with Gasteiger partial charge in [0.05, 0.1) is 15.8 Å². The van der Waals surface area contributed by atoms with Crippen LogP contribution >= 0.6 is 46.3 Å². The van der Waals surface area contributed by atoms with E-state index in [1.807, 2.05) is 19.1 Å². The van der Waals surface area contributed by atoms with Crippen molar-refractivity contribution in [1.82, 2.24) is 4.98 Å². The molecule has 0 bridgehead atoms. The van der Waals surface area contributed by atoms with E-state index >= 15 is 0 Å². The van der Waals surface area contributed by atoms with E-state index in [0.29, 0.717) is 20.9 Å². The maximum Gasteiger partial charge on any atom is 0.240 e. The van der Waals surface area contributed by atoms with E-state index in [1.54, 1.807) is 17.2 Å². The summed E-state index contributed by atoms with van der Waals surface area (Å²) in [4.78, 5) is 19.2. The SMILES string of the molecule is Cc1cnc(N2C(=O)CS[C@@H]2c2cccc(Cl)c2Cl)s1. The molecule has 2 aromatic rings. The second-order valence-corrected chi connectivity index (χ2v) is 7.39. The minimum atomic E-state index is -0.167. The highest BCUT2D eigenvalue weighted by Gasteiger charge is 2.37. The summed E-state index contributed by atoms with van der Waals surface area (Å²) < 4.78 is 0. The summed E-state index contributed by atoms with van der Waals surface area (Å²) in [7, 11) is 0. The first-order valence-corrected chi connectivity index (χ1v) is 8.50. The van der Waals surface area contributed by atoms with Crippen LogP contribution in [0.3, 0.4) is 0 Å². The van der Waals surface area contributed by atoms with Crippen LogP contribution in [0.25, 0.3) is 0 Å². The Hall–Kier alpha value is -0.750. The summed E-state index contributed by atoms with van der Waals surface area (Å²) in [5.74, 6) is 0.469. The lowest BCUT2D eigenvalue weighted by Gasteiger charge is -2.22. The van der Waals surface area contributed by atoms with Crippen molar-refractivity contribution in [2.45, 2.75) is 12.3 Å². The monoisotopic (exact) mass is 344 g/mol. The van der Waals surface area contributed by atoms with E-state index in [2.05, 4.69) is 4.98 Å². The standard InChI is InChI=1S/C13H10Cl2N2OS2/c1-7-5-16-13(20-7)17-10(18)6-19-12(17)8-3-2-4-9(14)11(8)15/h2-5,12H,6H2,1H3/t12-/m1/s1. The van der Waals surface area contributed by atoms with Crippen molar-refractivity contribution in [3.8, 4) is 0 Å². The number of thiazole rings is 1. The van der Waals surface area contributed by atoms with Crippen molar-refractivity contribution in [1.29, 1.82) is 0 Å². The molecule has 7 heteroatoms. The number of hydrogen-bond donors (Lipinski definition) is 0. The van der Waals surface area contributed by atoms with Crippen LogP contribution in [0, 0.1) is 6.92 Å². The number of halogens is 2. The van der Waals surface area contributed by atoms with Crippen LogP contribution in [0.1, 0.15) is 15.8 Å². The highest BCUT2D eigenvalue weighted by Crippen LogP contribution is 2.46. The van der Waals surface area contributed by atoms with Gasteiger partial charge in [0, 0.05) is 16.6 Å². The number of benzene rings is 1. The van der Waals surface area contributed by atoms with Gasteiger partial charge in [-0.2, -0.15) is 0 Å². The first-order chi connectivity index (χ1) is 9.58. The van der Waals surface area contributed by atoms with Crippen molar-refractivity contribution >= 4 is 57.3 Å². The third-order valence-electron chi connectivity index (χ3n) is 2.93. The Balaban J connectivity index is 2.04. The summed E-state index contributed by atoms with van der Waals surface area (Å²) in [6.45, 7) is 1.97. The number of hydrogen-bond acceptors (Lipinski definition) is 4. The van der Waals surface area contributed by atoms with Gasteiger partial charge in [0.15, 0.2) is 5.13 Å². The quantitative estimate of drug-likeness (QED) is 0.801. The fourth-order valence-electron chi connectivity index (χ4n) is 2.03. The minimum Gasteiger partial charge on any atom is -0.273 e. The predicted molar refractivity (Wildman–Crippen MR) is 86.0 cm³/mol. The van der Waals surface area contributed by atoms with E-state index in [9.17, 15) is 4.79 Å². The lowest BCUT2D eigenvalue weighted by Crippen LogP contribution is -2.27. The maximum absolute atomic E-state index is 12.2. The van der Waals surface area contributed by atoms with E-state index in [0.717, 1.165) is 10.4 Å². The van der Waals surface area contributed by atoms with Crippen LogP contribution in [0.2, 0.25) is 10.0 Å². The van der Waals surface area contributed by atoms with E-state index in [-0.39, 0.29) is 11.3 Å². The molecule has 0 radical (unpaired) electrons. The first kappa shape index (κ1) is 14.2. The lowest BCUT2D eigenvalue weighted by molar-refractivity contribution is -0.115. The van der Waals surface area contributed by atoms with Gasteiger partial charge < -0.3 is 0 Å². The average Bonchev–Trinajstić information content (AvgIpc) is 2.99. The minimum absolute atomic E-state index is 0.0467. The third kappa shape index (κ3) is 2.44. The predicted octanol–water partition coefficient (Wildman–Crippen LogP) is 4.54. The van der Waals surface area contributed by atoms with Gasteiger partial charge in [-0.05, 0) is 13.0 Å². The van der Waals surface area contributed by atoms with Crippen molar-refractivity contribution in [2.75, 3.05) is 10.7 Å². The molecular formula is C13H10Cl2N2OS2. The van der Waals surface area contributed by atoms with Crippen LogP contribution in [0.15, 0.2) is 24.4 Å². The average molecular weight is 345 g/mol. The number of carbonyl (C=O) groups excluding carboxylic acids is 1. The summed E-state index contributed by atoms with van der Waals surface area (Å²) >= 11 is 15.4. The normalized spacial score (nSPS) is 18.9. The van der Waals surface area contributed by atoms with Gasteiger partial charge in [-0.3, -0.25) is 9.69 Å². The Labute approximate surface area is 134 Å². The van der Waals surface area contributed by atoms with Crippen LogP contribution < -0.4 is 4.90 Å². The van der Waals surface area contributed by atoms with Gasteiger partial charge in [-0.1, -0.05) is 35.3 Å². The molecule has 0 spiro atoms. The number of amides is 1. The second kappa shape index (κ2) is 5.56. The molecule has 0 saturated carbocycles. The van der Waals surface area contributed by atoms with Gasteiger partial charge in [-0.25, -0.2) is 4.98 Å². The van der Waals surface area contributed by atoms with Crippen molar-refractivity contribution in [3.63, 3.8) is 0 Å². The highest BCUT2D eigenvalue weighted by molar-refractivity contribution is 8.00. The molecule has 1 saturated heterocycles. The van der Waals surface area contributed by atoms with Gasteiger partial charge >= 0.3 is 0 Å². The molecular weight excluding hydrogens is 335 g/mol. The molecule has 20 heavy (non-hydrogen) atoms. The molecule has 0 unspecified atom stereocenters. The van der Waals surface area contributed by atoms with Gasteiger partial charge in [0.2, 0.25) is 5.91 Å². The van der Waals surface area contributed by atoms with Crippen LogP contribution in [-0.2, 0) is 4.79 Å². The van der Waals surface area contributed by atoms with Gasteiger partial charge in [0.1, 0.15) is 5.37 Å². The van der Waals surface area contributed by atoms with Crippen molar-refractivity contribution in [3.05, 3.63) is 44.9 Å². The molecule has 1 fully saturated rings. The van der Waals surface area contributed by atoms with Crippen LogP contribution in [0.4, 0.5) is 5.13 Å². The fourth-order valence-corrected chi connectivity index (χ4v) is 4.56. The number of aryl methyl sites for hydroxylation is 1. The Morgan fingerprint density at radius 3 is 2.90 bits per heavy atom. The fraction of sp³-hybridized carbons (Fsp3) is 0.231. The second-order valence-electron chi connectivity index (χ2n) is 4.32. The van der Waals surface area contributed by atoms with Gasteiger partial charge in [0.25, 0.3) is 0 Å². The van der Waals surface area contributed by atoms with E-state index in [4.69, 9.17) is 23.2 Å². The molecule has 0 aliphatic carbocycles. The van der Waals surface area contributed by atoms with Crippen molar-refractivity contribution in [2.24, 2.45) is 0 Å². The molecule has 3 rings (SSSR count). The van der Waals surface area contributed by atoms with Crippen molar-refractivity contribution < 1.29 is 4.79 Å². The largest absolute Gasteiger partial charge is 0.273 e. The Kier molecular flexibility index (Phi) is 3.95. The molecule has 3 nitrogen and oxygen atoms in total. The Morgan fingerprint density at radius 1 is 1.40 bits per heavy atom. The smallest absolute Gasteiger partial charge is 0.240 e. The zero-order valence-corrected chi connectivity index (χ0v) is 13.6. The molecule has 0 N–H and O–H groups in total. The summed E-state index contributed by atoms with van der Waals surface area (Å²) in [6, 6.07) is 5.49. The number of anilines is 1. The lowest BCUT2D eigenvalue weighted by atomic mass is 10.2.